The normalized spacial score (nSPS) is 13.1. The lowest BCUT2D eigenvalue weighted by molar-refractivity contribution is -0.137. The number of carbonyl (C=O) groups excluding carboxylic acids is 1. The molecule has 0 aromatic heterocycles. The van der Waals surface area contributed by atoms with Crippen LogP contribution < -0.4 is 5.32 Å². The molecular weight excluding hydrogens is 279 g/mol. The zero-order valence-corrected chi connectivity index (χ0v) is 11.2. The summed E-state index contributed by atoms with van der Waals surface area (Å²) in [6.07, 6.45) is -3.08. The molecule has 106 valence electrons. The third-order valence-electron chi connectivity index (χ3n) is 2.64. The summed E-state index contributed by atoms with van der Waals surface area (Å²) < 4.78 is 37.5. The molecule has 2 nitrogen and oxygen atoms in total. The Morgan fingerprint density at radius 1 is 1.42 bits per heavy atom. The Hall–Kier alpha value is -1.23. The number of halogens is 4. The molecule has 0 radical (unpaired) electrons. The molecular formula is C13H15ClF3NO. The van der Waals surface area contributed by atoms with Crippen molar-refractivity contribution in [1.29, 1.82) is 0 Å². The van der Waals surface area contributed by atoms with E-state index in [0.717, 1.165) is 18.6 Å². The summed E-state index contributed by atoms with van der Waals surface area (Å²) in [5, 5.41) is 2.51. The van der Waals surface area contributed by atoms with Crippen molar-refractivity contribution >= 4 is 17.5 Å². The molecule has 0 spiro atoms. The van der Waals surface area contributed by atoms with Gasteiger partial charge in [-0.2, -0.15) is 13.2 Å². The van der Waals surface area contributed by atoms with Crippen molar-refractivity contribution in [3.63, 3.8) is 0 Å². The van der Waals surface area contributed by atoms with E-state index in [1.807, 2.05) is 6.92 Å². The molecule has 19 heavy (non-hydrogen) atoms. The molecule has 1 amide bonds. The van der Waals surface area contributed by atoms with Crippen molar-refractivity contribution < 1.29 is 18.0 Å². The summed E-state index contributed by atoms with van der Waals surface area (Å²) in [5.41, 5.74) is -0.832. The molecule has 0 saturated heterocycles. The molecule has 0 fully saturated rings. The minimum absolute atomic E-state index is 0.00236. The number of hydrogen-bond acceptors (Lipinski definition) is 1. The lowest BCUT2D eigenvalue weighted by atomic mass is 10.1. The Kier molecular flexibility index (Phi) is 5.66. The van der Waals surface area contributed by atoms with E-state index >= 15 is 0 Å². The first-order chi connectivity index (χ1) is 8.84. The van der Waals surface area contributed by atoms with E-state index in [0.29, 0.717) is 13.0 Å². The van der Waals surface area contributed by atoms with Gasteiger partial charge in [0.1, 0.15) is 0 Å². The van der Waals surface area contributed by atoms with Crippen LogP contribution in [-0.4, -0.2) is 17.8 Å². The fraction of sp³-hybridized carbons (Fsp3) is 0.462. The fourth-order valence-corrected chi connectivity index (χ4v) is 1.59. The Morgan fingerprint density at radius 2 is 2.11 bits per heavy atom. The van der Waals surface area contributed by atoms with Crippen LogP contribution in [0.2, 0.25) is 0 Å². The van der Waals surface area contributed by atoms with E-state index < -0.39 is 17.6 Å². The average molecular weight is 294 g/mol. The Labute approximate surface area is 114 Å². The Morgan fingerprint density at radius 3 is 2.68 bits per heavy atom. The lowest BCUT2D eigenvalue weighted by Gasteiger charge is -2.10. The van der Waals surface area contributed by atoms with Crippen LogP contribution in [0.15, 0.2) is 24.3 Å². The van der Waals surface area contributed by atoms with Crippen molar-refractivity contribution in [2.24, 2.45) is 0 Å². The molecule has 1 aromatic carbocycles. The van der Waals surface area contributed by atoms with Gasteiger partial charge in [0.05, 0.1) is 5.56 Å². The van der Waals surface area contributed by atoms with Crippen LogP contribution in [0, 0.1) is 0 Å². The number of amides is 1. The summed E-state index contributed by atoms with van der Waals surface area (Å²) in [5.74, 6) is -0.522. The summed E-state index contributed by atoms with van der Waals surface area (Å²) in [7, 11) is 0. The lowest BCUT2D eigenvalue weighted by Crippen LogP contribution is -2.26. The van der Waals surface area contributed by atoms with Gasteiger partial charge in [0.15, 0.2) is 0 Å². The monoisotopic (exact) mass is 293 g/mol. The maximum atomic E-state index is 12.5. The summed E-state index contributed by atoms with van der Waals surface area (Å²) in [6.45, 7) is 2.27. The quantitative estimate of drug-likeness (QED) is 0.821. The predicted molar refractivity (Wildman–Crippen MR) is 68.3 cm³/mol. The number of hydrogen-bond donors (Lipinski definition) is 1. The minimum atomic E-state index is -4.44. The van der Waals surface area contributed by atoms with Crippen molar-refractivity contribution in [1.82, 2.24) is 5.32 Å². The van der Waals surface area contributed by atoms with Gasteiger partial charge < -0.3 is 5.32 Å². The standard InChI is InChI=1S/C13H15ClF3NO/c1-2-11(14)6-7-18-12(19)9-4-3-5-10(8-9)13(15,16)17/h3-5,8,11H,2,6-7H2,1H3,(H,18,19). The first-order valence-corrected chi connectivity index (χ1v) is 6.37. The van der Waals surface area contributed by atoms with E-state index in [1.54, 1.807) is 0 Å². The van der Waals surface area contributed by atoms with Crippen LogP contribution in [0.1, 0.15) is 35.7 Å². The highest BCUT2D eigenvalue weighted by atomic mass is 35.5. The molecule has 0 bridgehead atoms. The predicted octanol–water partition coefficient (Wildman–Crippen LogP) is 3.84. The highest BCUT2D eigenvalue weighted by Gasteiger charge is 2.30. The molecule has 0 aliphatic carbocycles. The van der Waals surface area contributed by atoms with Crippen LogP contribution in [0.5, 0.6) is 0 Å². The third-order valence-corrected chi connectivity index (χ3v) is 3.17. The molecule has 1 aromatic rings. The van der Waals surface area contributed by atoms with Crippen molar-refractivity contribution in [2.45, 2.75) is 31.3 Å². The molecule has 0 saturated carbocycles. The molecule has 6 heteroatoms. The van der Waals surface area contributed by atoms with Gasteiger partial charge in [-0.25, -0.2) is 0 Å². The summed E-state index contributed by atoms with van der Waals surface area (Å²) >= 11 is 5.88. The van der Waals surface area contributed by atoms with Crippen molar-refractivity contribution in [3.05, 3.63) is 35.4 Å². The highest BCUT2D eigenvalue weighted by molar-refractivity contribution is 6.20. The first kappa shape index (κ1) is 15.8. The van der Waals surface area contributed by atoms with E-state index in [2.05, 4.69) is 5.32 Å². The molecule has 1 N–H and O–H groups in total. The largest absolute Gasteiger partial charge is 0.416 e. The Balaban J connectivity index is 2.63. The number of carbonyl (C=O) groups is 1. The maximum Gasteiger partial charge on any atom is 0.416 e. The second-order valence-corrected chi connectivity index (χ2v) is 4.75. The number of rotatable bonds is 5. The van der Waals surface area contributed by atoms with Gasteiger partial charge in [-0.1, -0.05) is 13.0 Å². The minimum Gasteiger partial charge on any atom is -0.352 e. The van der Waals surface area contributed by atoms with Gasteiger partial charge in [-0.15, -0.1) is 11.6 Å². The third kappa shape index (κ3) is 5.11. The fourth-order valence-electron chi connectivity index (χ4n) is 1.49. The number of alkyl halides is 4. The zero-order valence-electron chi connectivity index (χ0n) is 10.4. The van der Waals surface area contributed by atoms with Crippen LogP contribution >= 0.6 is 11.6 Å². The van der Waals surface area contributed by atoms with Gasteiger partial charge in [0.25, 0.3) is 5.91 Å². The van der Waals surface area contributed by atoms with Gasteiger partial charge in [-0.3, -0.25) is 4.79 Å². The highest BCUT2D eigenvalue weighted by Crippen LogP contribution is 2.29. The van der Waals surface area contributed by atoms with E-state index in [9.17, 15) is 18.0 Å². The van der Waals surface area contributed by atoms with E-state index in [1.165, 1.54) is 12.1 Å². The summed E-state index contributed by atoms with van der Waals surface area (Å²) in [6, 6.07) is 4.34. The number of benzene rings is 1. The van der Waals surface area contributed by atoms with Crippen LogP contribution in [0.4, 0.5) is 13.2 Å². The Bertz CT molecular complexity index is 434. The van der Waals surface area contributed by atoms with E-state index in [4.69, 9.17) is 11.6 Å². The zero-order chi connectivity index (χ0) is 14.5. The maximum absolute atomic E-state index is 12.5. The molecule has 0 aliphatic rings. The molecule has 1 unspecified atom stereocenters. The SMILES string of the molecule is CCC(Cl)CCNC(=O)c1cccc(C(F)(F)F)c1. The van der Waals surface area contributed by atoms with Gasteiger partial charge in [-0.05, 0) is 31.0 Å². The van der Waals surface area contributed by atoms with Crippen molar-refractivity contribution in [3.8, 4) is 0 Å². The molecule has 1 rings (SSSR count). The summed E-state index contributed by atoms with van der Waals surface area (Å²) in [4.78, 5) is 11.7. The van der Waals surface area contributed by atoms with Gasteiger partial charge in [0.2, 0.25) is 0 Å². The average Bonchev–Trinajstić information content (AvgIpc) is 2.37. The first-order valence-electron chi connectivity index (χ1n) is 5.94. The van der Waals surface area contributed by atoms with Crippen LogP contribution in [0.25, 0.3) is 0 Å². The van der Waals surface area contributed by atoms with E-state index in [-0.39, 0.29) is 10.9 Å². The van der Waals surface area contributed by atoms with Gasteiger partial charge >= 0.3 is 6.18 Å². The van der Waals surface area contributed by atoms with Crippen LogP contribution in [0.3, 0.4) is 0 Å². The smallest absolute Gasteiger partial charge is 0.352 e. The second kappa shape index (κ2) is 6.80. The number of nitrogens with one attached hydrogen (secondary N) is 1. The van der Waals surface area contributed by atoms with Crippen LogP contribution in [-0.2, 0) is 6.18 Å². The molecule has 0 aliphatic heterocycles. The molecule has 0 heterocycles. The second-order valence-electron chi connectivity index (χ2n) is 4.13. The van der Waals surface area contributed by atoms with Gasteiger partial charge in [0, 0.05) is 17.5 Å². The molecule has 1 atom stereocenters. The topological polar surface area (TPSA) is 29.1 Å². The van der Waals surface area contributed by atoms with Crippen molar-refractivity contribution in [2.75, 3.05) is 6.54 Å².